The summed E-state index contributed by atoms with van der Waals surface area (Å²) in [7, 11) is -3.54. The Kier molecular flexibility index (Phi) is 3.63. The van der Waals surface area contributed by atoms with Crippen LogP contribution in [-0.4, -0.2) is 67.5 Å². The van der Waals surface area contributed by atoms with Crippen molar-refractivity contribution in [3.8, 4) is 0 Å². The van der Waals surface area contributed by atoms with Gasteiger partial charge in [-0.2, -0.15) is 17.0 Å². The fourth-order valence-corrected chi connectivity index (χ4v) is 3.94. The lowest BCUT2D eigenvalue weighted by molar-refractivity contribution is -0.146. The minimum atomic E-state index is -3.54. The summed E-state index contributed by atoms with van der Waals surface area (Å²) in [6.45, 7) is 3.35. The number of morpholine rings is 1. The summed E-state index contributed by atoms with van der Waals surface area (Å²) in [5, 5.41) is 9.11. The van der Waals surface area contributed by atoms with Crippen LogP contribution >= 0.6 is 0 Å². The topological polar surface area (TPSA) is 87.2 Å². The highest BCUT2D eigenvalue weighted by Crippen LogP contribution is 2.32. The van der Waals surface area contributed by atoms with Crippen LogP contribution in [0, 0.1) is 5.41 Å². The molecule has 2 rings (SSSR count). The third kappa shape index (κ3) is 2.37. The SMILES string of the molecule is CC1(C(=O)O)CCN(S(=O)(=O)N2CCOCC2)C1. The number of rotatable bonds is 3. The van der Waals surface area contributed by atoms with Crippen LogP contribution in [0.15, 0.2) is 0 Å². The molecule has 8 heteroatoms. The van der Waals surface area contributed by atoms with Gasteiger partial charge in [0.05, 0.1) is 18.6 Å². The summed E-state index contributed by atoms with van der Waals surface area (Å²) in [6, 6.07) is 0. The normalized spacial score (nSPS) is 31.6. The molecule has 1 unspecified atom stereocenters. The quantitative estimate of drug-likeness (QED) is 0.742. The summed E-state index contributed by atoms with van der Waals surface area (Å²) < 4.78 is 32.4. The number of carboxylic acids is 1. The van der Waals surface area contributed by atoms with Gasteiger partial charge in [0.2, 0.25) is 0 Å². The van der Waals surface area contributed by atoms with Crippen LogP contribution in [0.1, 0.15) is 13.3 Å². The van der Waals surface area contributed by atoms with Gasteiger partial charge in [-0.05, 0) is 13.3 Å². The summed E-state index contributed by atoms with van der Waals surface area (Å²) >= 11 is 0. The molecule has 18 heavy (non-hydrogen) atoms. The monoisotopic (exact) mass is 278 g/mol. The molecular weight excluding hydrogens is 260 g/mol. The predicted octanol–water partition coefficient (Wildman–Crippen LogP) is -0.640. The predicted molar refractivity (Wildman–Crippen MR) is 63.2 cm³/mol. The van der Waals surface area contributed by atoms with Crippen molar-refractivity contribution >= 4 is 16.2 Å². The number of nitrogens with zero attached hydrogens (tertiary/aromatic N) is 2. The Labute approximate surface area is 106 Å². The Balaban J connectivity index is 2.10. The minimum Gasteiger partial charge on any atom is -0.481 e. The second-order valence-corrected chi connectivity index (χ2v) is 6.90. The summed E-state index contributed by atoms with van der Waals surface area (Å²) in [5.41, 5.74) is -0.973. The Morgan fingerprint density at radius 1 is 1.22 bits per heavy atom. The van der Waals surface area contributed by atoms with E-state index in [1.54, 1.807) is 6.92 Å². The van der Waals surface area contributed by atoms with Gasteiger partial charge < -0.3 is 9.84 Å². The number of hydrogen-bond donors (Lipinski definition) is 1. The van der Waals surface area contributed by atoms with Gasteiger partial charge in [0.15, 0.2) is 0 Å². The van der Waals surface area contributed by atoms with Crippen molar-refractivity contribution in [1.29, 1.82) is 0 Å². The largest absolute Gasteiger partial charge is 0.481 e. The number of carbonyl (C=O) groups is 1. The first-order valence-electron chi connectivity index (χ1n) is 5.93. The van der Waals surface area contributed by atoms with Gasteiger partial charge in [0, 0.05) is 26.2 Å². The first-order valence-corrected chi connectivity index (χ1v) is 7.32. The third-order valence-corrected chi connectivity index (χ3v) is 5.56. The van der Waals surface area contributed by atoms with Gasteiger partial charge in [0.1, 0.15) is 0 Å². The van der Waals surface area contributed by atoms with Crippen molar-refractivity contribution in [2.24, 2.45) is 5.41 Å². The van der Waals surface area contributed by atoms with Crippen LogP contribution in [0.25, 0.3) is 0 Å². The molecule has 0 aromatic rings. The van der Waals surface area contributed by atoms with Gasteiger partial charge in [-0.15, -0.1) is 0 Å². The first kappa shape index (κ1) is 13.7. The Bertz CT molecular complexity index is 432. The smallest absolute Gasteiger partial charge is 0.310 e. The van der Waals surface area contributed by atoms with Crippen molar-refractivity contribution in [2.45, 2.75) is 13.3 Å². The Hall–Kier alpha value is -0.700. The van der Waals surface area contributed by atoms with E-state index in [0.29, 0.717) is 32.7 Å². The lowest BCUT2D eigenvalue weighted by Gasteiger charge is -2.30. The fraction of sp³-hybridized carbons (Fsp3) is 0.900. The molecule has 0 aromatic heterocycles. The molecule has 2 aliphatic rings. The van der Waals surface area contributed by atoms with Crippen molar-refractivity contribution in [3.63, 3.8) is 0 Å². The van der Waals surface area contributed by atoms with E-state index in [4.69, 9.17) is 9.84 Å². The summed E-state index contributed by atoms with van der Waals surface area (Å²) in [5.74, 6) is -0.942. The third-order valence-electron chi connectivity index (χ3n) is 3.58. The number of hydrogen-bond acceptors (Lipinski definition) is 4. The van der Waals surface area contributed by atoms with E-state index < -0.39 is 21.6 Å². The van der Waals surface area contributed by atoms with Crippen LogP contribution in [0.2, 0.25) is 0 Å². The van der Waals surface area contributed by atoms with Gasteiger partial charge in [-0.25, -0.2) is 0 Å². The molecule has 0 spiro atoms. The zero-order valence-electron chi connectivity index (χ0n) is 10.3. The average Bonchev–Trinajstić information content (AvgIpc) is 2.75. The molecule has 7 nitrogen and oxygen atoms in total. The lowest BCUT2D eigenvalue weighted by Crippen LogP contribution is -2.48. The minimum absolute atomic E-state index is 0.0437. The van der Waals surface area contributed by atoms with E-state index in [0.717, 1.165) is 0 Å². The Morgan fingerprint density at radius 2 is 1.83 bits per heavy atom. The summed E-state index contributed by atoms with van der Waals surface area (Å²) in [4.78, 5) is 11.1. The van der Waals surface area contributed by atoms with Gasteiger partial charge in [0.25, 0.3) is 10.2 Å². The molecule has 2 heterocycles. The van der Waals surface area contributed by atoms with Crippen molar-refractivity contribution < 1.29 is 23.1 Å². The molecule has 0 aliphatic carbocycles. The Morgan fingerprint density at radius 3 is 2.33 bits per heavy atom. The highest BCUT2D eigenvalue weighted by atomic mass is 32.2. The molecule has 0 bridgehead atoms. The van der Waals surface area contributed by atoms with Gasteiger partial charge >= 0.3 is 5.97 Å². The maximum Gasteiger partial charge on any atom is 0.310 e. The van der Waals surface area contributed by atoms with E-state index in [-0.39, 0.29) is 13.1 Å². The van der Waals surface area contributed by atoms with Crippen molar-refractivity contribution in [1.82, 2.24) is 8.61 Å². The molecule has 2 aliphatic heterocycles. The van der Waals surface area contributed by atoms with Crippen LogP contribution in [0.4, 0.5) is 0 Å². The van der Waals surface area contributed by atoms with Crippen LogP contribution in [0.5, 0.6) is 0 Å². The molecule has 0 amide bonds. The fourth-order valence-electron chi connectivity index (χ4n) is 2.23. The van der Waals surface area contributed by atoms with Crippen molar-refractivity contribution in [3.05, 3.63) is 0 Å². The molecule has 0 aromatic carbocycles. The zero-order valence-corrected chi connectivity index (χ0v) is 11.1. The molecule has 104 valence electrons. The van der Waals surface area contributed by atoms with Crippen LogP contribution < -0.4 is 0 Å². The van der Waals surface area contributed by atoms with E-state index in [1.807, 2.05) is 0 Å². The summed E-state index contributed by atoms with van der Waals surface area (Å²) in [6.07, 6.45) is 0.353. The molecule has 1 atom stereocenters. The van der Waals surface area contributed by atoms with Crippen LogP contribution in [0.3, 0.4) is 0 Å². The molecule has 2 saturated heterocycles. The molecular formula is C10H18N2O5S. The maximum absolute atomic E-state index is 12.3. The molecule has 2 fully saturated rings. The standard InChI is InChI=1S/C10H18N2O5S/c1-10(9(13)14)2-3-12(8-10)18(15,16)11-4-6-17-7-5-11/h2-8H2,1H3,(H,13,14). The second kappa shape index (κ2) is 4.76. The van der Waals surface area contributed by atoms with Gasteiger partial charge in [-0.3, -0.25) is 4.79 Å². The average molecular weight is 278 g/mol. The maximum atomic E-state index is 12.3. The van der Waals surface area contributed by atoms with E-state index in [9.17, 15) is 13.2 Å². The molecule has 0 saturated carbocycles. The number of aliphatic carboxylic acids is 1. The highest BCUT2D eigenvalue weighted by Gasteiger charge is 2.46. The van der Waals surface area contributed by atoms with E-state index >= 15 is 0 Å². The number of ether oxygens (including phenoxy) is 1. The van der Waals surface area contributed by atoms with E-state index in [2.05, 4.69) is 0 Å². The lowest BCUT2D eigenvalue weighted by atomic mass is 9.90. The highest BCUT2D eigenvalue weighted by molar-refractivity contribution is 7.86. The molecule has 0 radical (unpaired) electrons. The van der Waals surface area contributed by atoms with Gasteiger partial charge in [-0.1, -0.05) is 0 Å². The van der Waals surface area contributed by atoms with Crippen LogP contribution in [-0.2, 0) is 19.7 Å². The first-order chi connectivity index (χ1) is 8.36. The second-order valence-electron chi connectivity index (χ2n) is 4.97. The van der Waals surface area contributed by atoms with Crippen molar-refractivity contribution in [2.75, 3.05) is 39.4 Å². The number of carboxylic acid groups (broad SMARTS) is 1. The zero-order chi connectivity index (χ0) is 13.4. The molecule has 1 N–H and O–H groups in total. The van der Waals surface area contributed by atoms with E-state index in [1.165, 1.54) is 8.61 Å².